The van der Waals surface area contributed by atoms with Crippen molar-refractivity contribution in [2.24, 2.45) is 0 Å². The molecule has 0 radical (unpaired) electrons. The van der Waals surface area contributed by atoms with Gasteiger partial charge in [-0.05, 0) is 42.0 Å². The highest BCUT2D eigenvalue weighted by Gasteiger charge is 2.38. The third-order valence-corrected chi connectivity index (χ3v) is 5.28. The molecule has 4 nitrogen and oxygen atoms in total. The van der Waals surface area contributed by atoms with Crippen LogP contribution in [0.2, 0.25) is 0 Å². The zero-order valence-electron chi connectivity index (χ0n) is 16.0. The predicted octanol–water partition coefficient (Wildman–Crippen LogP) is 5.16. The zero-order chi connectivity index (χ0) is 20.4. The molecule has 1 amide bonds. The van der Waals surface area contributed by atoms with Gasteiger partial charge in [-0.2, -0.15) is 16.6 Å². The maximum atomic E-state index is 13.5. The molecule has 0 aliphatic heterocycles. The summed E-state index contributed by atoms with van der Waals surface area (Å²) < 4.78 is 0. The number of anilines is 1. The lowest BCUT2D eigenvalue weighted by Gasteiger charge is -2.28. The predicted molar refractivity (Wildman–Crippen MR) is 116 cm³/mol. The normalized spacial score (nSPS) is 12.1. The fourth-order valence-electron chi connectivity index (χ4n) is 3.07. The number of thiophene rings is 1. The molecule has 0 bridgehead atoms. The van der Waals surface area contributed by atoms with Crippen LogP contribution in [0.5, 0.6) is 0 Å². The van der Waals surface area contributed by atoms with Gasteiger partial charge in [0.1, 0.15) is 11.2 Å². The molecular formula is C24H21N3OS. The second-order valence-corrected chi connectivity index (χ2v) is 7.35. The van der Waals surface area contributed by atoms with Gasteiger partial charge in [0.25, 0.3) is 0 Å². The SMILES string of the molecule is N#CCCCCC(C#Cc1ccsc1)(C(=O)Nc1ccccn1)c1ccccc1. The number of hydrogen-bond acceptors (Lipinski definition) is 4. The Morgan fingerprint density at radius 3 is 2.62 bits per heavy atom. The van der Waals surface area contributed by atoms with E-state index in [0.29, 0.717) is 18.7 Å². The molecule has 1 aromatic carbocycles. The topological polar surface area (TPSA) is 65.8 Å². The molecule has 1 unspecified atom stereocenters. The molecule has 3 aromatic rings. The zero-order valence-corrected chi connectivity index (χ0v) is 16.8. The Morgan fingerprint density at radius 2 is 1.93 bits per heavy atom. The second-order valence-electron chi connectivity index (χ2n) is 6.57. The minimum atomic E-state index is -1.03. The van der Waals surface area contributed by atoms with Gasteiger partial charge in [0.05, 0.1) is 6.07 Å². The maximum absolute atomic E-state index is 13.5. The highest BCUT2D eigenvalue weighted by Crippen LogP contribution is 2.32. The number of unbranched alkanes of at least 4 members (excludes halogenated alkanes) is 2. The van der Waals surface area contributed by atoms with Crippen molar-refractivity contribution >= 4 is 23.1 Å². The maximum Gasteiger partial charge on any atom is 0.248 e. The summed E-state index contributed by atoms with van der Waals surface area (Å²) in [7, 11) is 0. The van der Waals surface area contributed by atoms with E-state index in [2.05, 4.69) is 28.2 Å². The summed E-state index contributed by atoms with van der Waals surface area (Å²) in [5, 5.41) is 15.8. The summed E-state index contributed by atoms with van der Waals surface area (Å²) >= 11 is 1.57. The van der Waals surface area contributed by atoms with Crippen LogP contribution in [-0.2, 0) is 10.2 Å². The van der Waals surface area contributed by atoms with Crippen LogP contribution in [0.15, 0.2) is 71.6 Å². The number of hydrogen-bond donors (Lipinski definition) is 1. The van der Waals surface area contributed by atoms with Crippen LogP contribution in [0.1, 0.15) is 36.8 Å². The third kappa shape index (κ3) is 5.31. The van der Waals surface area contributed by atoms with Crippen molar-refractivity contribution in [3.05, 3.63) is 82.7 Å². The van der Waals surface area contributed by atoms with Gasteiger partial charge in [-0.1, -0.05) is 54.7 Å². The van der Waals surface area contributed by atoms with Crippen molar-refractivity contribution < 1.29 is 4.79 Å². The van der Waals surface area contributed by atoms with E-state index in [-0.39, 0.29) is 5.91 Å². The minimum absolute atomic E-state index is 0.206. The highest BCUT2D eigenvalue weighted by molar-refractivity contribution is 7.08. The van der Waals surface area contributed by atoms with Crippen LogP contribution in [0.3, 0.4) is 0 Å². The number of rotatable bonds is 7. The van der Waals surface area contributed by atoms with Gasteiger partial charge >= 0.3 is 0 Å². The molecule has 0 aliphatic carbocycles. The fraction of sp³-hybridized carbons (Fsp3) is 0.208. The smallest absolute Gasteiger partial charge is 0.248 e. The lowest BCUT2D eigenvalue weighted by Crippen LogP contribution is -2.39. The van der Waals surface area contributed by atoms with Gasteiger partial charge in [0.15, 0.2) is 0 Å². The van der Waals surface area contributed by atoms with Crippen molar-refractivity contribution in [3.63, 3.8) is 0 Å². The Labute approximate surface area is 175 Å². The van der Waals surface area contributed by atoms with Gasteiger partial charge in [-0.3, -0.25) is 4.79 Å². The van der Waals surface area contributed by atoms with Crippen LogP contribution in [0, 0.1) is 23.2 Å². The summed E-state index contributed by atoms with van der Waals surface area (Å²) in [5.74, 6) is 6.76. The van der Waals surface area contributed by atoms with Gasteiger partial charge in [-0.25, -0.2) is 4.98 Å². The number of carbonyl (C=O) groups excluding carboxylic acids is 1. The van der Waals surface area contributed by atoms with Gasteiger partial charge in [-0.15, -0.1) is 0 Å². The molecule has 0 saturated heterocycles. The molecule has 2 aromatic heterocycles. The van der Waals surface area contributed by atoms with Crippen molar-refractivity contribution in [1.82, 2.24) is 4.98 Å². The van der Waals surface area contributed by atoms with E-state index in [1.54, 1.807) is 29.7 Å². The summed E-state index contributed by atoms with van der Waals surface area (Å²) in [6.07, 6.45) is 4.07. The van der Waals surface area contributed by atoms with Crippen LogP contribution in [0.25, 0.3) is 0 Å². The quantitative estimate of drug-likeness (QED) is 0.441. The number of carbonyl (C=O) groups is 1. The Morgan fingerprint density at radius 1 is 1.10 bits per heavy atom. The Hall–Kier alpha value is -3.41. The summed E-state index contributed by atoms with van der Waals surface area (Å²) in [4.78, 5) is 17.8. The molecule has 1 atom stereocenters. The van der Waals surface area contributed by atoms with E-state index in [0.717, 1.165) is 24.0 Å². The number of nitriles is 1. The molecule has 0 saturated carbocycles. The Bertz CT molecular complexity index is 1010. The van der Waals surface area contributed by atoms with E-state index in [9.17, 15) is 4.79 Å². The fourth-order valence-corrected chi connectivity index (χ4v) is 3.66. The molecule has 2 heterocycles. The van der Waals surface area contributed by atoms with Crippen LogP contribution >= 0.6 is 11.3 Å². The largest absolute Gasteiger partial charge is 0.309 e. The second kappa shape index (κ2) is 10.2. The number of benzene rings is 1. The van der Waals surface area contributed by atoms with E-state index in [4.69, 9.17) is 5.26 Å². The van der Waals surface area contributed by atoms with Crippen molar-refractivity contribution in [3.8, 4) is 17.9 Å². The number of amides is 1. The van der Waals surface area contributed by atoms with Crippen molar-refractivity contribution in [2.75, 3.05) is 5.32 Å². The van der Waals surface area contributed by atoms with Crippen LogP contribution in [-0.4, -0.2) is 10.9 Å². The first-order valence-electron chi connectivity index (χ1n) is 9.45. The molecule has 5 heteroatoms. The van der Waals surface area contributed by atoms with E-state index in [1.165, 1.54) is 0 Å². The van der Waals surface area contributed by atoms with E-state index in [1.807, 2.05) is 53.2 Å². The lowest BCUT2D eigenvalue weighted by atomic mass is 9.75. The molecule has 0 spiro atoms. The van der Waals surface area contributed by atoms with Crippen molar-refractivity contribution in [1.29, 1.82) is 5.26 Å². The molecule has 29 heavy (non-hydrogen) atoms. The van der Waals surface area contributed by atoms with Gasteiger partial charge in [0.2, 0.25) is 5.91 Å². The molecule has 3 rings (SSSR count). The minimum Gasteiger partial charge on any atom is -0.309 e. The molecular weight excluding hydrogens is 378 g/mol. The first-order valence-corrected chi connectivity index (χ1v) is 10.4. The monoisotopic (exact) mass is 399 g/mol. The van der Waals surface area contributed by atoms with Crippen LogP contribution in [0.4, 0.5) is 5.82 Å². The van der Waals surface area contributed by atoms with Gasteiger partial charge in [0, 0.05) is 23.6 Å². The lowest BCUT2D eigenvalue weighted by molar-refractivity contribution is -0.120. The van der Waals surface area contributed by atoms with E-state index < -0.39 is 5.41 Å². The molecule has 144 valence electrons. The number of pyridine rings is 1. The Kier molecular flexibility index (Phi) is 7.16. The highest BCUT2D eigenvalue weighted by atomic mass is 32.1. The number of aromatic nitrogens is 1. The Balaban J connectivity index is 2.02. The number of nitrogens with one attached hydrogen (secondary N) is 1. The summed E-state index contributed by atoms with van der Waals surface area (Å²) in [6.45, 7) is 0. The summed E-state index contributed by atoms with van der Waals surface area (Å²) in [5.41, 5.74) is 0.696. The van der Waals surface area contributed by atoms with Crippen molar-refractivity contribution in [2.45, 2.75) is 31.1 Å². The summed E-state index contributed by atoms with van der Waals surface area (Å²) in [6, 6.07) is 19.1. The standard InChI is InChI=1S/C24H21N3OS/c25-16-7-2-6-14-24(21-9-3-1-4-10-21,15-12-20-13-18-29-19-20)23(28)27-22-11-5-8-17-26-22/h1,3-5,8-11,13,17-19H,2,6-7,14H2,(H,26,27,28). The average Bonchev–Trinajstić information content (AvgIpc) is 3.28. The average molecular weight is 400 g/mol. The third-order valence-electron chi connectivity index (χ3n) is 4.59. The molecule has 0 fully saturated rings. The molecule has 0 aliphatic rings. The number of nitrogens with zero attached hydrogens (tertiary/aromatic N) is 2. The van der Waals surface area contributed by atoms with Crippen LogP contribution < -0.4 is 5.32 Å². The van der Waals surface area contributed by atoms with Gasteiger partial charge < -0.3 is 5.32 Å². The van der Waals surface area contributed by atoms with E-state index >= 15 is 0 Å². The first kappa shape index (κ1) is 20.3. The first-order chi connectivity index (χ1) is 14.2. The molecule has 1 N–H and O–H groups in total.